The second-order valence-corrected chi connectivity index (χ2v) is 8.41. The molecular formula is C23H30N5O3+. The third-order valence-corrected chi connectivity index (χ3v) is 5.77. The number of nitrogens with one attached hydrogen (secondary N) is 1. The van der Waals surface area contributed by atoms with Gasteiger partial charge in [-0.3, -0.25) is 14.0 Å². The molecule has 1 amide bonds. The number of pyridine rings is 2. The number of carbonyl (C=O) groups excluding carboxylic acids is 1. The Hall–Kier alpha value is -3.00. The SMILES string of the molecule is CC(C)OCCC[n+]1c(N)c(C(=O)NC2CCCC2)cc2c(=O)n3ccccc3nc21. The van der Waals surface area contributed by atoms with E-state index in [1.807, 2.05) is 19.9 Å². The second kappa shape index (κ2) is 9.01. The van der Waals surface area contributed by atoms with Crippen LogP contribution in [0.1, 0.15) is 56.3 Å². The van der Waals surface area contributed by atoms with Crippen LogP contribution in [0.25, 0.3) is 16.7 Å². The van der Waals surface area contributed by atoms with Crippen LogP contribution in [0.4, 0.5) is 5.82 Å². The number of amides is 1. The van der Waals surface area contributed by atoms with Crippen LogP contribution in [-0.4, -0.2) is 34.0 Å². The number of nitrogens with zero attached hydrogens (tertiary/aromatic N) is 3. The van der Waals surface area contributed by atoms with Gasteiger partial charge in [-0.2, -0.15) is 0 Å². The van der Waals surface area contributed by atoms with Crippen molar-refractivity contribution in [1.82, 2.24) is 14.7 Å². The lowest BCUT2D eigenvalue weighted by molar-refractivity contribution is -0.659. The molecule has 8 nitrogen and oxygen atoms in total. The highest BCUT2D eigenvalue weighted by molar-refractivity contribution is 6.00. The lowest BCUT2D eigenvalue weighted by atomic mass is 10.1. The largest absolute Gasteiger partial charge is 0.379 e. The van der Waals surface area contributed by atoms with Gasteiger partial charge in [0.2, 0.25) is 11.5 Å². The Balaban J connectivity index is 1.80. The summed E-state index contributed by atoms with van der Waals surface area (Å²) < 4.78 is 8.92. The molecule has 8 heteroatoms. The summed E-state index contributed by atoms with van der Waals surface area (Å²) in [6, 6.07) is 7.14. The van der Waals surface area contributed by atoms with Gasteiger partial charge in [-0.1, -0.05) is 23.9 Å². The molecule has 0 unspecified atom stereocenters. The van der Waals surface area contributed by atoms with E-state index in [-0.39, 0.29) is 23.6 Å². The summed E-state index contributed by atoms with van der Waals surface area (Å²) in [6.07, 6.45) is 6.68. The topological polar surface area (TPSA) is 103 Å². The van der Waals surface area contributed by atoms with Crippen LogP contribution in [-0.2, 0) is 11.3 Å². The third-order valence-electron chi connectivity index (χ3n) is 5.77. The van der Waals surface area contributed by atoms with Crippen molar-refractivity contribution < 1.29 is 14.1 Å². The van der Waals surface area contributed by atoms with Crippen molar-refractivity contribution in [3.63, 3.8) is 0 Å². The Morgan fingerprint density at radius 1 is 1.35 bits per heavy atom. The lowest BCUT2D eigenvalue weighted by Crippen LogP contribution is -2.44. The average Bonchev–Trinajstić information content (AvgIpc) is 3.25. The number of ether oxygens (including phenoxy) is 1. The molecule has 164 valence electrons. The van der Waals surface area contributed by atoms with Gasteiger partial charge in [0.1, 0.15) is 10.9 Å². The van der Waals surface area contributed by atoms with Crippen molar-refractivity contribution in [2.24, 2.45) is 0 Å². The molecule has 3 heterocycles. The minimum Gasteiger partial charge on any atom is -0.379 e. The molecule has 3 aromatic rings. The van der Waals surface area contributed by atoms with Gasteiger partial charge in [-0.05, 0) is 44.9 Å². The molecule has 0 radical (unpaired) electrons. The molecule has 31 heavy (non-hydrogen) atoms. The third kappa shape index (κ3) is 4.39. The van der Waals surface area contributed by atoms with E-state index in [0.717, 1.165) is 25.7 Å². The molecular weight excluding hydrogens is 394 g/mol. The van der Waals surface area contributed by atoms with Crippen LogP contribution >= 0.6 is 0 Å². The molecule has 0 aromatic carbocycles. The number of hydrogen-bond acceptors (Lipinski definition) is 5. The summed E-state index contributed by atoms with van der Waals surface area (Å²) in [6.45, 7) is 5.02. The van der Waals surface area contributed by atoms with Crippen molar-refractivity contribution in [1.29, 1.82) is 0 Å². The highest BCUT2D eigenvalue weighted by atomic mass is 16.5. The first-order valence-corrected chi connectivity index (χ1v) is 11.0. The van der Waals surface area contributed by atoms with Crippen LogP contribution in [0, 0.1) is 0 Å². The number of anilines is 1. The van der Waals surface area contributed by atoms with E-state index in [1.54, 1.807) is 29.0 Å². The van der Waals surface area contributed by atoms with Gasteiger partial charge in [-0.15, -0.1) is 0 Å². The van der Waals surface area contributed by atoms with Gasteiger partial charge < -0.3 is 15.8 Å². The van der Waals surface area contributed by atoms with Gasteiger partial charge >= 0.3 is 0 Å². The normalized spacial score (nSPS) is 14.7. The van der Waals surface area contributed by atoms with Crippen molar-refractivity contribution in [2.75, 3.05) is 12.3 Å². The maximum Gasteiger partial charge on any atom is 0.278 e. The van der Waals surface area contributed by atoms with Crippen LogP contribution in [0.3, 0.4) is 0 Å². The highest BCUT2D eigenvalue weighted by Gasteiger charge is 2.26. The summed E-state index contributed by atoms with van der Waals surface area (Å²) in [5.41, 5.74) is 7.59. The molecule has 0 aliphatic heterocycles. The number of nitrogens with two attached hydrogens (primary N) is 1. The number of aryl methyl sites for hydroxylation is 1. The van der Waals surface area contributed by atoms with Crippen molar-refractivity contribution >= 4 is 28.4 Å². The average molecular weight is 425 g/mol. The standard InChI is InChI=1S/C23H29N5O3/c1-15(2)31-13-7-12-28-20(24)17(22(29)25-16-8-3-4-9-16)14-18-21(28)26-19-10-5-6-11-27(19)23(18)30/h5-6,10-11,14-16,24H,3-4,7-9,12-13H2,1-2H3,(H,25,29)/p+1. The summed E-state index contributed by atoms with van der Waals surface area (Å²) in [5, 5.41) is 3.45. The zero-order valence-electron chi connectivity index (χ0n) is 18.1. The monoisotopic (exact) mass is 424 g/mol. The van der Waals surface area contributed by atoms with E-state index in [1.165, 1.54) is 4.40 Å². The Morgan fingerprint density at radius 2 is 2.13 bits per heavy atom. The van der Waals surface area contributed by atoms with Crippen molar-refractivity contribution in [3.05, 3.63) is 46.4 Å². The quantitative estimate of drug-likeness (QED) is 0.344. The van der Waals surface area contributed by atoms with Crippen molar-refractivity contribution in [3.8, 4) is 0 Å². The predicted molar refractivity (Wildman–Crippen MR) is 119 cm³/mol. The van der Waals surface area contributed by atoms with E-state index in [9.17, 15) is 9.59 Å². The second-order valence-electron chi connectivity index (χ2n) is 8.41. The zero-order valence-corrected chi connectivity index (χ0v) is 18.1. The lowest BCUT2D eigenvalue weighted by Gasteiger charge is -2.15. The van der Waals surface area contributed by atoms with Gasteiger partial charge in [0.05, 0.1) is 12.6 Å². The minimum absolute atomic E-state index is 0.134. The zero-order chi connectivity index (χ0) is 22.0. The number of nitrogen functional groups attached to an aromatic ring is 1. The van der Waals surface area contributed by atoms with Crippen LogP contribution in [0.15, 0.2) is 35.3 Å². The first kappa shape index (κ1) is 21.2. The smallest absolute Gasteiger partial charge is 0.278 e. The molecule has 0 atom stereocenters. The first-order chi connectivity index (χ1) is 15.0. The van der Waals surface area contributed by atoms with Crippen LogP contribution in [0.5, 0.6) is 0 Å². The number of fused-ring (bicyclic) bond motifs is 2. The van der Waals surface area contributed by atoms with E-state index in [2.05, 4.69) is 5.32 Å². The number of aromatic nitrogens is 3. The van der Waals surface area contributed by atoms with E-state index in [4.69, 9.17) is 15.5 Å². The number of hydrogen-bond donors (Lipinski definition) is 2. The summed E-state index contributed by atoms with van der Waals surface area (Å²) in [7, 11) is 0. The van der Waals surface area contributed by atoms with E-state index < -0.39 is 0 Å². The molecule has 0 bridgehead atoms. The molecule has 4 rings (SSSR count). The Labute approximate surface area is 181 Å². The molecule has 1 fully saturated rings. The van der Waals surface area contributed by atoms with E-state index in [0.29, 0.717) is 47.6 Å². The first-order valence-electron chi connectivity index (χ1n) is 11.0. The van der Waals surface area contributed by atoms with Gasteiger partial charge in [-0.25, -0.2) is 4.57 Å². The fourth-order valence-electron chi connectivity index (χ4n) is 4.18. The molecule has 3 N–H and O–H groups in total. The van der Waals surface area contributed by atoms with Crippen LogP contribution in [0.2, 0.25) is 0 Å². The molecule has 1 aliphatic carbocycles. The Kier molecular flexibility index (Phi) is 6.18. The maximum absolute atomic E-state index is 13.2. The fraction of sp³-hybridized carbons (Fsp3) is 0.478. The molecule has 0 saturated heterocycles. The Bertz CT molecular complexity index is 1170. The number of rotatable bonds is 7. The van der Waals surface area contributed by atoms with E-state index >= 15 is 0 Å². The highest BCUT2D eigenvalue weighted by Crippen LogP contribution is 2.20. The molecule has 1 aliphatic rings. The van der Waals surface area contributed by atoms with Crippen molar-refractivity contribution in [2.45, 2.75) is 64.6 Å². The molecule has 1 saturated carbocycles. The summed E-state index contributed by atoms with van der Waals surface area (Å²) in [4.78, 5) is 30.9. The Morgan fingerprint density at radius 3 is 2.87 bits per heavy atom. The van der Waals surface area contributed by atoms with Crippen LogP contribution < -0.4 is 21.2 Å². The van der Waals surface area contributed by atoms with Gasteiger partial charge in [0, 0.05) is 25.3 Å². The minimum atomic E-state index is -0.240. The van der Waals surface area contributed by atoms with Gasteiger partial charge in [0.15, 0.2) is 0 Å². The predicted octanol–water partition coefficient (Wildman–Crippen LogP) is 2.20. The molecule has 0 spiro atoms. The maximum atomic E-state index is 13.2. The summed E-state index contributed by atoms with van der Waals surface area (Å²) in [5.74, 6) is 0.0794. The fourth-order valence-corrected chi connectivity index (χ4v) is 4.18. The summed E-state index contributed by atoms with van der Waals surface area (Å²) >= 11 is 0. The molecule has 3 aromatic heterocycles. The van der Waals surface area contributed by atoms with Gasteiger partial charge in [0.25, 0.3) is 17.1 Å². The number of carbonyl (C=O) groups is 1.